The Morgan fingerprint density at radius 2 is 1.96 bits per heavy atom. The summed E-state index contributed by atoms with van der Waals surface area (Å²) in [5.41, 5.74) is 0.954. The number of carboxylic acids is 1. The van der Waals surface area contributed by atoms with E-state index < -0.39 is 12.0 Å². The highest BCUT2D eigenvalue weighted by molar-refractivity contribution is 6.04. The normalized spacial score (nSPS) is 16.6. The Kier molecular flexibility index (Phi) is 4.97. The summed E-state index contributed by atoms with van der Waals surface area (Å²) in [7, 11) is 0. The average Bonchev–Trinajstić information content (AvgIpc) is 3.04. The van der Waals surface area contributed by atoms with Gasteiger partial charge in [0.25, 0.3) is 5.91 Å². The maximum absolute atomic E-state index is 12.8. The van der Waals surface area contributed by atoms with Gasteiger partial charge < -0.3 is 14.9 Å². The Morgan fingerprint density at radius 1 is 1.23 bits per heavy atom. The number of rotatable bonds is 5. The smallest absolute Gasteiger partial charge is 0.354 e. The fourth-order valence-corrected chi connectivity index (χ4v) is 3.14. The molecule has 0 spiro atoms. The van der Waals surface area contributed by atoms with Crippen LogP contribution in [-0.2, 0) is 4.79 Å². The summed E-state index contributed by atoms with van der Waals surface area (Å²) in [6.07, 6.45) is 1.79. The summed E-state index contributed by atoms with van der Waals surface area (Å²) in [5.74, 6) is -1.59. The quantitative estimate of drug-likeness (QED) is 0.888. The molecular formula is C19H19N3O4. The molecule has 134 valence electrons. The van der Waals surface area contributed by atoms with Crippen LogP contribution in [-0.4, -0.2) is 51.9 Å². The molecule has 2 heterocycles. The fraction of sp³-hybridized carbons (Fsp3) is 0.263. The summed E-state index contributed by atoms with van der Waals surface area (Å²) >= 11 is 0. The molecule has 0 saturated carbocycles. The molecule has 1 atom stereocenters. The van der Waals surface area contributed by atoms with Crippen LogP contribution in [0.1, 0.15) is 34.2 Å². The van der Waals surface area contributed by atoms with Gasteiger partial charge in [0.1, 0.15) is 11.7 Å². The van der Waals surface area contributed by atoms with Gasteiger partial charge in [-0.3, -0.25) is 9.59 Å². The zero-order valence-corrected chi connectivity index (χ0v) is 14.3. The molecule has 0 bridgehead atoms. The lowest BCUT2D eigenvalue weighted by Crippen LogP contribution is -2.45. The minimum Gasteiger partial charge on any atom is -0.477 e. The molecule has 1 aliphatic rings. The van der Waals surface area contributed by atoms with Gasteiger partial charge in [0, 0.05) is 25.0 Å². The molecule has 1 saturated heterocycles. The number of amides is 2. The number of anilines is 1. The summed E-state index contributed by atoms with van der Waals surface area (Å²) in [5, 5.41) is 8.91. The van der Waals surface area contributed by atoms with E-state index in [0.717, 1.165) is 5.69 Å². The van der Waals surface area contributed by atoms with Crippen molar-refractivity contribution in [2.24, 2.45) is 0 Å². The molecule has 0 aliphatic carbocycles. The molecule has 7 heteroatoms. The lowest BCUT2D eigenvalue weighted by Gasteiger charge is -2.27. The number of aromatic carboxylic acids is 1. The molecule has 1 aliphatic heterocycles. The van der Waals surface area contributed by atoms with Crippen molar-refractivity contribution in [1.82, 2.24) is 9.88 Å². The molecule has 26 heavy (non-hydrogen) atoms. The predicted molar refractivity (Wildman–Crippen MR) is 95.1 cm³/mol. The summed E-state index contributed by atoms with van der Waals surface area (Å²) in [6, 6.07) is 11.5. The molecule has 7 nitrogen and oxygen atoms in total. The first-order valence-electron chi connectivity index (χ1n) is 8.39. The lowest BCUT2D eigenvalue weighted by molar-refractivity contribution is -0.120. The zero-order valence-electron chi connectivity index (χ0n) is 14.3. The number of hydrogen-bond donors (Lipinski definition) is 1. The van der Waals surface area contributed by atoms with Crippen LogP contribution in [0.5, 0.6) is 0 Å². The average molecular weight is 353 g/mol. The maximum atomic E-state index is 12.8. The molecule has 0 radical (unpaired) electrons. The van der Waals surface area contributed by atoms with E-state index in [1.807, 2.05) is 37.3 Å². The number of carbonyl (C=O) groups is 3. The van der Waals surface area contributed by atoms with Gasteiger partial charge in [0.2, 0.25) is 5.91 Å². The van der Waals surface area contributed by atoms with Gasteiger partial charge in [-0.2, -0.15) is 0 Å². The number of carbonyl (C=O) groups excluding carboxylic acids is 2. The number of benzene rings is 1. The fourth-order valence-electron chi connectivity index (χ4n) is 3.14. The summed E-state index contributed by atoms with van der Waals surface area (Å²) < 4.78 is 0. The van der Waals surface area contributed by atoms with E-state index in [-0.39, 0.29) is 23.1 Å². The van der Waals surface area contributed by atoms with E-state index in [4.69, 9.17) is 5.11 Å². The van der Waals surface area contributed by atoms with E-state index in [2.05, 4.69) is 4.98 Å². The maximum Gasteiger partial charge on any atom is 0.354 e. The second-order valence-electron chi connectivity index (χ2n) is 5.96. The van der Waals surface area contributed by atoms with Crippen LogP contribution in [0.3, 0.4) is 0 Å². The summed E-state index contributed by atoms with van der Waals surface area (Å²) in [6.45, 7) is 2.74. The molecule has 1 N–H and O–H groups in total. The first-order chi connectivity index (χ1) is 12.5. The Hall–Kier alpha value is -3.22. The van der Waals surface area contributed by atoms with Crippen molar-refractivity contribution in [3.05, 3.63) is 59.9 Å². The van der Waals surface area contributed by atoms with Crippen molar-refractivity contribution in [3.8, 4) is 0 Å². The molecule has 2 amide bonds. The van der Waals surface area contributed by atoms with Gasteiger partial charge in [-0.15, -0.1) is 0 Å². The topological polar surface area (TPSA) is 90.8 Å². The van der Waals surface area contributed by atoms with Crippen molar-refractivity contribution in [2.75, 3.05) is 18.0 Å². The number of carboxylic acid groups (broad SMARTS) is 1. The van der Waals surface area contributed by atoms with Crippen LogP contribution in [0.4, 0.5) is 5.69 Å². The van der Waals surface area contributed by atoms with Crippen molar-refractivity contribution < 1.29 is 19.5 Å². The lowest BCUT2D eigenvalue weighted by atomic mass is 10.1. The highest BCUT2D eigenvalue weighted by atomic mass is 16.4. The predicted octanol–water partition coefficient (Wildman–Crippen LogP) is 2.05. The third kappa shape index (κ3) is 3.28. The second kappa shape index (κ2) is 7.35. The van der Waals surface area contributed by atoms with Crippen LogP contribution in [0.2, 0.25) is 0 Å². The Balaban J connectivity index is 1.79. The van der Waals surface area contributed by atoms with Crippen molar-refractivity contribution in [2.45, 2.75) is 19.4 Å². The molecule has 1 fully saturated rings. The van der Waals surface area contributed by atoms with Crippen LogP contribution < -0.4 is 4.90 Å². The van der Waals surface area contributed by atoms with Crippen LogP contribution >= 0.6 is 0 Å². The Morgan fingerprint density at radius 3 is 2.54 bits per heavy atom. The van der Waals surface area contributed by atoms with Gasteiger partial charge in [0.15, 0.2) is 0 Å². The third-order valence-corrected chi connectivity index (χ3v) is 4.45. The van der Waals surface area contributed by atoms with Crippen LogP contribution in [0, 0.1) is 0 Å². The number of hydrogen-bond acceptors (Lipinski definition) is 4. The van der Waals surface area contributed by atoms with Gasteiger partial charge in [-0.1, -0.05) is 18.2 Å². The van der Waals surface area contributed by atoms with E-state index in [0.29, 0.717) is 19.5 Å². The van der Waals surface area contributed by atoms with Crippen molar-refractivity contribution in [3.63, 3.8) is 0 Å². The highest BCUT2D eigenvalue weighted by Gasteiger charge is 2.38. The SMILES string of the molecule is CCN(C(=O)c1ccc(C(=O)O)nc1)[C@@H]1CCN(c2ccccc2)C1=O. The molecule has 1 aromatic carbocycles. The van der Waals surface area contributed by atoms with Gasteiger partial charge in [-0.05, 0) is 37.6 Å². The number of para-hydroxylation sites is 1. The number of pyridine rings is 1. The van der Waals surface area contributed by atoms with Crippen LogP contribution in [0.15, 0.2) is 48.7 Å². The Labute approximate surface area is 150 Å². The Bertz CT molecular complexity index is 820. The standard InChI is InChI=1S/C19H19N3O4/c1-2-21(17(23)13-8-9-15(19(25)26)20-12-13)16-10-11-22(18(16)24)14-6-4-3-5-7-14/h3-9,12,16H,2,10-11H2,1H3,(H,25,26)/t16-/m1/s1. The second-order valence-corrected chi connectivity index (χ2v) is 5.96. The minimum absolute atomic E-state index is 0.110. The monoisotopic (exact) mass is 353 g/mol. The summed E-state index contributed by atoms with van der Waals surface area (Å²) in [4.78, 5) is 43.5. The van der Waals surface area contributed by atoms with Crippen molar-refractivity contribution in [1.29, 1.82) is 0 Å². The van der Waals surface area contributed by atoms with Gasteiger partial charge in [0.05, 0.1) is 5.56 Å². The minimum atomic E-state index is -1.15. The van der Waals surface area contributed by atoms with Crippen molar-refractivity contribution >= 4 is 23.5 Å². The number of nitrogens with zero attached hydrogens (tertiary/aromatic N) is 3. The van der Waals surface area contributed by atoms with Crippen LogP contribution in [0.25, 0.3) is 0 Å². The van der Waals surface area contributed by atoms with E-state index in [9.17, 15) is 14.4 Å². The third-order valence-electron chi connectivity index (χ3n) is 4.45. The number of likely N-dealkylation sites (N-methyl/N-ethyl adjacent to an activating group) is 1. The van der Waals surface area contributed by atoms with Gasteiger partial charge >= 0.3 is 5.97 Å². The molecule has 1 aromatic heterocycles. The zero-order chi connectivity index (χ0) is 18.7. The molecule has 0 unspecified atom stereocenters. The van der Waals surface area contributed by atoms with E-state index in [1.54, 1.807) is 4.90 Å². The molecular weight excluding hydrogens is 334 g/mol. The number of aromatic nitrogens is 1. The van der Waals surface area contributed by atoms with Gasteiger partial charge in [-0.25, -0.2) is 9.78 Å². The van der Waals surface area contributed by atoms with E-state index in [1.165, 1.54) is 23.2 Å². The molecule has 2 aromatic rings. The highest BCUT2D eigenvalue weighted by Crippen LogP contribution is 2.25. The largest absolute Gasteiger partial charge is 0.477 e. The first kappa shape index (κ1) is 17.6. The first-order valence-corrected chi connectivity index (χ1v) is 8.39. The van der Waals surface area contributed by atoms with E-state index >= 15 is 0 Å². The molecule has 3 rings (SSSR count).